The molecule has 5 heteroatoms. The van der Waals surface area contributed by atoms with E-state index in [1.165, 1.54) is 41.5 Å². The minimum absolute atomic E-state index is 0.397. The van der Waals surface area contributed by atoms with Gasteiger partial charge >= 0.3 is 0 Å². The van der Waals surface area contributed by atoms with Gasteiger partial charge in [0.1, 0.15) is 17.3 Å². The summed E-state index contributed by atoms with van der Waals surface area (Å²) >= 11 is 0. The zero-order chi connectivity index (χ0) is 17.3. The van der Waals surface area contributed by atoms with Crippen molar-refractivity contribution in [3.63, 3.8) is 0 Å². The quantitative estimate of drug-likeness (QED) is 0.712. The van der Waals surface area contributed by atoms with Crippen LogP contribution in [0.1, 0.15) is 54.0 Å². The zero-order valence-corrected chi connectivity index (χ0v) is 14.7. The summed E-state index contributed by atoms with van der Waals surface area (Å²) in [6.07, 6.45) is 5.40. The number of hydrogen-bond acceptors (Lipinski definition) is 4. The van der Waals surface area contributed by atoms with Crippen LogP contribution in [0.5, 0.6) is 0 Å². The number of rotatable bonds is 6. The van der Waals surface area contributed by atoms with E-state index in [9.17, 15) is 0 Å². The largest absolute Gasteiger partial charge is 0.383 e. The Morgan fingerprint density at radius 3 is 2.50 bits per heavy atom. The highest BCUT2D eigenvalue weighted by Gasteiger charge is 2.19. The van der Waals surface area contributed by atoms with Crippen LogP contribution in [0.2, 0.25) is 0 Å². The minimum Gasteiger partial charge on any atom is -0.383 e. The van der Waals surface area contributed by atoms with Gasteiger partial charge in [-0.2, -0.15) is 0 Å². The molecule has 1 aromatic carbocycles. The monoisotopic (exact) mass is 325 g/mol. The molecule has 2 aromatic rings. The summed E-state index contributed by atoms with van der Waals surface area (Å²) in [5, 5.41) is 7.89. The Bertz CT molecular complexity index is 773. The normalized spacial score (nSPS) is 13.3. The molecule has 5 N–H and O–H groups in total. The summed E-state index contributed by atoms with van der Waals surface area (Å²) in [6.45, 7) is 5.07. The topological polar surface area (TPSA) is 93.7 Å². The molecule has 0 unspecified atom stereocenters. The molecule has 0 aliphatic heterocycles. The van der Waals surface area contributed by atoms with E-state index in [0.717, 1.165) is 18.7 Å². The molecular formula is C19H27N5. The van der Waals surface area contributed by atoms with Gasteiger partial charge in [-0.3, -0.25) is 0 Å². The van der Waals surface area contributed by atoms with Crippen molar-refractivity contribution < 1.29 is 0 Å². The number of aryl methyl sites for hydroxylation is 3. The van der Waals surface area contributed by atoms with E-state index in [4.69, 9.17) is 16.9 Å². The van der Waals surface area contributed by atoms with E-state index in [1.54, 1.807) is 6.92 Å². The fourth-order valence-electron chi connectivity index (χ4n) is 3.69. The van der Waals surface area contributed by atoms with Crippen molar-refractivity contribution in [1.82, 2.24) is 9.55 Å². The molecule has 24 heavy (non-hydrogen) atoms. The minimum atomic E-state index is 0.397. The average Bonchev–Trinajstić information content (AvgIpc) is 3.13. The number of nitrogen functional groups attached to an aromatic ring is 1. The summed E-state index contributed by atoms with van der Waals surface area (Å²) in [5.74, 6) is 1.47. The van der Waals surface area contributed by atoms with Gasteiger partial charge in [0.25, 0.3) is 0 Å². The third kappa shape index (κ3) is 2.96. The van der Waals surface area contributed by atoms with Gasteiger partial charge in [-0.15, -0.1) is 0 Å². The van der Waals surface area contributed by atoms with Crippen LogP contribution in [-0.4, -0.2) is 21.8 Å². The number of hydrogen-bond donors (Lipinski definition) is 3. The van der Waals surface area contributed by atoms with E-state index in [1.807, 2.05) is 4.57 Å². The van der Waals surface area contributed by atoms with Crippen LogP contribution in [0.15, 0.2) is 12.1 Å². The highest BCUT2D eigenvalue weighted by molar-refractivity contribution is 5.98. The number of fused-ring (bicyclic) bond motifs is 1. The van der Waals surface area contributed by atoms with Crippen LogP contribution in [0.4, 0.5) is 5.82 Å². The van der Waals surface area contributed by atoms with E-state index in [0.29, 0.717) is 30.3 Å². The fourth-order valence-corrected chi connectivity index (χ4v) is 3.69. The van der Waals surface area contributed by atoms with Crippen molar-refractivity contribution in [2.24, 2.45) is 5.73 Å². The molecule has 0 radical (unpaired) electrons. The van der Waals surface area contributed by atoms with Crippen LogP contribution in [-0.2, 0) is 32.2 Å². The predicted molar refractivity (Wildman–Crippen MR) is 98.8 cm³/mol. The Labute approximate surface area is 143 Å². The van der Waals surface area contributed by atoms with Crippen LogP contribution < -0.4 is 11.5 Å². The smallest absolute Gasteiger partial charge is 0.133 e. The molecule has 0 atom stereocenters. The highest BCUT2D eigenvalue weighted by atomic mass is 15.1. The maximum atomic E-state index is 7.89. The summed E-state index contributed by atoms with van der Waals surface area (Å²) in [7, 11) is 0. The zero-order valence-electron chi connectivity index (χ0n) is 14.7. The SMILES string of the molecule is CCc1cc2c(cc1Cc1nc(C(C)=N)c(N)n1CCN)CCC2. The van der Waals surface area contributed by atoms with Crippen LogP contribution in [0.3, 0.4) is 0 Å². The van der Waals surface area contributed by atoms with Crippen molar-refractivity contribution in [2.75, 3.05) is 12.3 Å². The number of imidazole rings is 1. The summed E-state index contributed by atoms with van der Waals surface area (Å²) in [4.78, 5) is 4.65. The molecule has 0 spiro atoms. The molecule has 128 valence electrons. The number of aromatic nitrogens is 2. The number of nitrogens with two attached hydrogens (primary N) is 2. The molecule has 0 bridgehead atoms. The van der Waals surface area contributed by atoms with Gasteiger partial charge in [-0.05, 0) is 54.9 Å². The van der Waals surface area contributed by atoms with Gasteiger partial charge in [0, 0.05) is 19.5 Å². The third-order valence-electron chi connectivity index (χ3n) is 4.94. The standard InChI is InChI=1S/C19H27N5/c1-3-13-9-14-5-4-6-15(14)10-16(13)11-17-23-18(12(2)21)19(22)24(17)8-7-20/h9-10,21H,3-8,11,20,22H2,1-2H3. The molecule has 1 aliphatic carbocycles. The number of benzene rings is 1. The lowest BCUT2D eigenvalue weighted by Gasteiger charge is -2.13. The number of nitrogens with zero attached hydrogens (tertiary/aromatic N) is 2. The molecule has 0 fully saturated rings. The van der Waals surface area contributed by atoms with Gasteiger partial charge in [0.2, 0.25) is 0 Å². The molecule has 1 heterocycles. The van der Waals surface area contributed by atoms with Gasteiger partial charge in [-0.25, -0.2) is 4.98 Å². The molecule has 1 aliphatic rings. The first-order chi connectivity index (χ1) is 11.5. The van der Waals surface area contributed by atoms with Crippen LogP contribution in [0.25, 0.3) is 0 Å². The Balaban J connectivity index is 2.02. The summed E-state index contributed by atoms with van der Waals surface area (Å²) in [5.41, 5.74) is 18.7. The second-order valence-corrected chi connectivity index (χ2v) is 6.60. The number of anilines is 1. The van der Waals surface area contributed by atoms with Gasteiger partial charge in [0.15, 0.2) is 0 Å². The molecule has 0 saturated heterocycles. The van der Waals surface area contributed by atoms with Crippen molar-refractivity contribution in [2.45, 2.75) is 52.5 Å². The second kappa shape index (κ2) is 6.77. The first-order valence-corrected chi connectivity index (χ1v) is 8.79. The Hall–Kier alpha value is -2.14. The molecular weight excluding hydrogens is 298 g/mol. The van der Waals surface area contributed by atoms with Crippen LogP contribution in [0, 0.1) is 5.41 Å². The fraction of sp³-hybridized carbons (Fsp3) is 0.474. The first-order valence-electron chi connectivity index (χ1n) is 8.79. The van der Waals surface area contributed by atoms with Gasteiger partial charge in [-0.1, -0.05) is 19.1 Å². The maximum absolute atomic E-state index is 7.89. The Morgan fingerprint density at radius 1 is 1.25 bits per heavy atom. The van der Waals surface area contributed by atoms with Gasteiger partial charge < -0.3 is 21.4 Å². The van der Waals surface area contributed by atoms with E-state index in [-0.39, 0.29) is 0 Å². The lowest BCUT2D eigenvalue weighted by molar-refractivity contribution is 0.678. The van der Waals surface area contributed by atoms with Gasteiger partial charge in [0.05, 0.1) is 5.71 Å². The summed E-state index contributed by atoms with van der Waals surface area (Å²) in [6, 6.07) is 4.73. The average molecular weight is 325 g/mol. The van der Waals surface area contributed by atoms with Crippen molar-refractivity contribution in [3.8, 4) is 0 Å². The summed E-state index contributed by atoms with van der Waals surface area (Å²) < 4.78 is 1.97. The maximum Gasteiger partial charge on any atom is 0.133 e. The van der Waals surface area contributed by atoms with E-state index >= 15 is 0 Å². The number of nitrogens with one attached hydrogen (secondary N) is 1. The highest BCUT2D eigenvalue weighted by Crippen LogP contribution is 2.28. The molecule has 0 amide bonds. The van der Waals surface area contributed by atoms with Crippen LogP contribution >= 0.6 is 0 Å². The molecule has 5 nitrogen and oxygen atoms in total. The van der Waals surface area contributed by atoms with E-state index in [2.05, 4.69) is 24.0 Å². The van der Waals surface area contributed by atoms with Crippen molar-refractivity contribution in [3.05, 3.63) is 45.9 Å². The Morgan fingerprint density at radius 2 is 1.92 bits per heavy atom. The van der Waals surface area contributed by atoms with E-state index < -0.39 is 0 Å². The van der Waals surface area contributed by atoms with Crippen molar-refractivity contribution >= 4 is 11.5 Å². The molecule has 1 aromatic heterocycles. The third-order valence-corrected chi connectivity index (χ3v) is 4.94. The first kappa shape index (κ1) is 16.7. The predicted octanol–water partition coefficient (Wildman–Crippen LogP) is 2.45. The second-order valence-electron chi connectivity index (χ2n) is 6.60. The molecule has 3 rings (SSSR count). The lowest BCUT2D eigenvalue weighted by Crippen LogP contribution is -2.15. The molecule has 0 saturated carbocycles. The van der Waals surface area contributed by atoms with Crippen molar-refractivity contribution in [1.29, 1.82) is 5.41 Å². The lowest BCUT2D eigenvalue weighted by atomic mass is 9.96. The Kier molecular flexibility index (Phi) is 4.71.